The summed E-state index contributed by atoms with van der Waals surface area (Å²) in [6.07, 6.45) is 0. The van der Waals surface area contributed by atoms with Crippen molar-refractivity contribution in [3.63, 3.8) is 0 Å². The van der Waals surface area contributed by atoms with Gasteiger partial charge >= 0.3 is 0 Å². The Morgan fingerprint density at radius 3 is 1.36 bits per heavy atom. The van der Waals surface area contributed by atoms with Crippen molar-refractivity contribution in [1.82, 2.24) is 0 Å². The molecule has 0 unspecified atom stereocenters. The normalized spacial score (nSPS) is 11.7. The molecular formula is C21H19NO2S. The van der Waals surface area contributed by atoms with Gasteiger partial charge in [-0.1, -0.05) is 88.9 Å². The van der Waals surface area contributed by atoms with E-state index < -0.39 is 10.0 Å². The molecule has 0 aliphatic carbocycles. The SMILES string of the molecule is NCS(C(=O)c1ccccc1)(C(=O)c1ccccc1)c1ccccc1. The highest BCUT2D eigenvalue weighted by Crippen LogP contribution is 2.59. The second-order valence-electron chi connectivity index (χ2n) is 5.53. The number of carbonyl (C=O) groups excluding carboxylic acids is 2. The van der Waals surface area contributed by atoms with Gasteiger partial charge in [-0.2, -0.15) is 0 Å². The van der Waals surface area contributed by atoms with Gasteiger partial charge in [0.25, 0.3) is 0 Å². The van der Waals surface area contributed by atoms with Crippen LogP contribution in [0.4, 0.5) is 0 Å². The van der Waals surface area contributed by atoms with Crippen LogP contribution in [-0.4, -0.2) is 16.1 Å². The van der Waals surface area contributed by atoms with Crippen LogP contribution in [0.5, 0.6) is 0 Å². The molecule has 0 radical (unpaired) electrons. The van der Waals surface area contributed by atoms with Gasteiger partial charge in [0, 0.05) is 21.9 Å². The molecule has 0 aliphatic heterocycles. The molecule has 126 valence electrons. The van der Waals surface area contributed by atoms with E-state index >= 15 is 0 Å². The Bertz CT molecular complexity index is 813. The molecule has 0 spiro atoms. The van der Waals surface area contributed by atoms with Crippen molar-refractivity contribution in [1.29, 1.82) is 0 Å². The highest BCUT2D eigenvalue weighted by atomic mass is 32.3. The van der Waals surface area contributed by atoms with Crippen LogP contribution >= 0.6 is 10.0 Å². The van der Waals surface area contributed by atoms with Gasteiger partial charge in [0.15, 0.2) is 0 Å². The minimum absolute atomic E-state index is 0.0154. The fraction of sp³-hybridized carbons (Fsp3) is 0.0476. The van der Waals surface area contributed by atoms with Gasteiger partial charge in [0.05, 0.1) is 0 Å². The molecule has 0 saturated heterocycles. The van der Waals surface area contributed by atoms with Crippen LogP contribution in [0.1, 0.15) is 20.7 Å². The topological polar surface area (TPSA) is 60.2 Å². The van der Waals surface area contributed by atoms with Crippen molar-refractivity contribution < 1.29 is 9.59 Å². The van der Waals surface area contributed by atoms with E-state index in [9.17, 15) is 9.59 Å². The van der Waals surface area contributed by atoms with Crippen LogP contribution in [0, 0.1) is 0 Å². The standard InChI is InChI=1S/C21H19NO2S/c22-16-25(19-14-8-3-9-15-19,20(23)17-10-4-1-5-11-17)21(24)18-12-6-2-7-13-18/h1-15H,16,22H2. The first-order valence-corrected chi connectivity index (χ1v) is 9.75. The summed E-state index contributed by atoms with van der Waals surface area (Å²) >= 11 is 0. The molecule has 0 bridgehead atoms. The van der Waals surface area contributed by atoms with Gasteiger partial charge < -0.3 is 5.73 Å². The maximum atomic E-state index is 13.4. The number of nitrogens with two attached hydrogens (primary N) is 1. The Hall–Kier alpha value is -2.69. The van der Waals surface area contributed by atoms with Crippen LogP contribution in [0.15, 0.2) is 95.9 Å². The molecule has 0 amide bonds. The Balaban J connectivity index is 2.21. The lowest BCUT2D eigenvalue weighted by molar-refractivity contribution is 0.105. The van der Waals surface area contributed by atoms with Crippen molar-refractivity contribution in [3.05, 3.63) is 102 Å². The molecule has 0 aliphatic rings. The Labute approximate surface area is 148 Å². The first-order chi connectivity index (χ1) is 12.2. The summed E-state index contributed by atoms with van der Waals surface area (Å²) in [6.45, 7) is 0. The van der Waals surface area contributed by atoms with Gasteiger partial charge in [0.1, 0.15) is 0 Å². The average Bonchev–Trinajstić information content (AvgIpc) is 2.71. The third kappa shape index (κ3) is 3.14. The first kappa shape index (κ1) is 17.1. The van der Waals surface area contributed by atoms with E-state index in [1.54, 1.807) is 48.5 Å². The molecule has 0 aromatic heterocycles. The molecule has 3 aromatic carbocycles. The lowest BCUT2D eigenvalue weighted by Gasteiger charge is -2.35. The monoisotopic (exact) mass is 349 g/mol. The van der Waals surface area contributed by atoms with E-state index in [0.29, 0.717) is 16.0 Å². The third-order valence-corrected chi connectivity index (χ3v) is 7.36. The minimum atomic E-state index is -2.58. The molecule has 2 N–H and O–H groups in total. The number of benzene rings is 3. The quantitative estimate of drug-likeness (QED) is 0.757. The fourth-order valence-electron chi connectivity index (χ4n) is 2.75. The zero-order valence-corrected chi connectivity index (χ0v) is 14.5. The second-order valence-corrected chi connectivity index (χ2v) is 8.55. The summed E-state index contributed by atoms with van der Waals surface area (Å²) < 4.78 is 0. The molecule has 3 aromatic rings. The van der Waals surface area contributed by atoms with E-state index in [1.165, 1.54) is 0 Å². The van der Waals surface area contributed by atoms with E-state index in [-0.39, 0.29) is 16.1 Å². The fourth-order valence-corrected chi connectivity index (χ4v) is 5.54. The average molecular weight is 349 g/mol. The van der Waals surface area contributed by atoms with E-state index in [1.807, 2.05) is 42.5 Å². The number of hydrogen-bond donors (Lipinski definition) is 1. The zero-order valence-electron chi connectivity index (χ0n) is 13.7. The van der Waals surface area contributed by atoms with E-state index in [4.69, 9.17) is 5.73 Å². The summed E-state index contributed by atoms with van der Waals surface area (Å²) in [4.78, 5) is 27.6. The lowest BCUT2D eigenvalue weighted by atomic mass is 10.2. The van der Waals surface area contributed by atoms with Crippen LogP contribution in [0.3, 0.4) is 0 Å². The van der Waals surface area contributed by atoms with Crippen LogP contribution in [0.2, 0.25) is 0 Å². The molecule has 0 saturated carbocycles. The Kier molecular flexibility index (Phi) is 5.12. The number of hydrogen-bond acceptors (Lipinski definition) is 3. The minimum Gasteiger partial charge on any atom is -0.322 e. The van der Waals surface area contributed by atoms with E-state index in [2.05, 4.69) is 0 Å². The Morgan fingerprint density at radius 1 is 0.640 bits per heavy atom. The van der Waals surface area contributed by atoms with Crippen molar-refractivity contribution in [2.45, 2.75) is 4.90 Å². The highest BCUT2D eigenvalue weighted by Gasteiger charge is 2.41. The number of carbonyl (C=O) groups is 2. The molecule has 25 heavy (non-hydrogen) atoms. The third-order valence-electron chi connectivity index (χ3n) is 4.05. The van der Waals surface area contributed by atoms with Crippen LogP contribution < -0.4 is 5.73 Å². The van der Waals surface area contributed by atoms with Crippen LogP contribution in [-0.2, 0) is 0 Å². The van der Waals surface area contributed by atoms with Crippen molar-refractivity contribution in [2.24, 2.45) is 5.73 Å². The molecular weight excluding hydrogens is 330 g/mol. The second kappa shape index (κ2) is 7.47. The molecule has 0 fully saturated rings. The van der Waals surface area contributed by atoms with Crippen molar-refractivity contribution in [2.75, 3.05) is 5.88 Å². The summed E-state index contributed by atoms with van der Waals surface area (Å²) in [7, 11) is -2.58. The van der Waals surface area contributed by atoms with Crippen LogP contribution in [0.25, 0.3) is 0 Å². The van der Waals surface area contributed by atoms with Gasteiger partial charge in [-0.05, 0) is 12.1 Å². The van der Waals surface area contributed by atoms with Crippen molar-refractivity contribution >= 4 is 20.3 Å². The zero-order chi connectivity index (χ0) is 17.7. The van der Waals surface area contributed by atoms with Crippen molar-refractivity contribution in [3.8, 4) is 0 Å². The lowest BCUT2D eigenvalue weighted by Crippen LogP contribution is -2.28. The predicted molar refractivity (Wildman–Crippen MR) is 103 cm³/mol. The maximum absolute atomic E-state index is 13.4. The summed E-state index contributed by atoms with van der Waals surface area (Å²) in [5.41, 5.74) is 7.13. The smallest absolute Gasteiger partial charge is 0.214 e. The predicted octanol–water partition coefficient (Wildman–Crippen LogP) is 4.45. The summed E-state index contributed by atoms with van der Waals surface area (Å²) in [5.74, 6) is -0.0154. The first-order valence-electron chi connectivity index (χ1n) is 7.95. The Morgan fingerprint density at radius 2 is 1.00 bits per heavy atom. The van der Waals surface area contributed by atoms with E-state index in [0.717, 1.165) is 0 Å². The summed E-state index contributed by atoms with van der Waals surface area (Å²) in [5, 5.41) is -0.397. The van der Waals surface area contributed by atoms with Gasteiger partial charge in [-0.15, -0.1) is 0 Å². The molecule has 3 rings (SSSR count). The largest absolute Gasteiger partial charge is 0.322 e. The van der Waals surface area contributed by atoms with Gasteiger partial charge in [-0.25, -0.2) is 0 Å². The maximum Gasteiger partial charge on any atom is 0.214 e. The molecule has 0 heterocycles. The van der Waals surface area contributed by atoms with Gasteiger partial charge in [0.2, 0.25) is 10.2 Å². The highest BCUT2D eigenvalue weighted by molar-refractivity contribution is 8.56. The molecule has 0 atom stereocenters. The number of rotatable bonds is 4. The van der Waals surface area contributed by atoms with Gasteiger partial charge in [-0.3, -0.25) is 9.59 Å². The molecule has 3 nitrogen and oxygen atoms in total. The molecule has 4 heteroatoms. The summed E-state index contributed by atoms with van der Waals surface area (Å²) in [6, 6.07) is 27.0.